The maximum Gasteiger partial charge on any atom is 0.302 e. The quantitative estimate of drug-likeness (QED) is 0.414. The van der Waals surface area contributed by atoms with E-state index in [4.69, 9.17) is 9.47 Å². The molecule has 0 aromatic carbocycles. The van der Waals surface area contributed by atoms with E-state index in [-0.39, 0.29) is 35.0 Å². The van der Waals surface area contributed by atoms with E-state index in [1.54, 1.807) is 6.92 Å². The highest BCUT2D eigenvalue weighted by Crippen LogP contribution is 2.67. The van der Waals surface area contributed by atoms with Crippen molar-refractivity contribution in [3.05, 3.63) is 12.7 Å². The molecule has 0 amide bonds. The van der Waals surface area contributed by atoms with Crippen LogP contribution in [-0.4, -0.2) is 84.1 Å². The fourth-order valence-electron chi connectivity index (χ4n) is 11.0. The predicted molar refractivity (Wildman–Crippen MR) is 149 cm³/mol. The Bertz CT molecular complexity index is 891. The van der Waals surface area contributed by atoms with E-state index in [0.29, 0.717) is 35.8 Å². The molecule has 0 radical (unpaired) electrons. The monoisotopic (exact) mass is 528 g/mol. The molecule has 38 heavy (non-hydrogen) atoms. The fraction of sp³-hybridized carbons (Fsp3) is 0.906. The molecule has 0 bridgehead atoms. The second-order valence-corrected chi connectivity index (χ2v) is 14.3. The van der Waals surface area contributed by atoms with E-state index in [1.165, 1.54) is 38.5 Å². The largest absolute Gasteiger partial charge is 0.460 e. The second kappa shape index (κ2) is 10.5. The Morgan fingerprint density at radius 3 is 2.58 bits per heavy atom. The van der Waals surface area contributed by atoms with Crippen molar-refractivity contribution in [3.8, 4) is 0 Å². The van der Waals surface area contributed by atoms with Crippen LogP contribution >= 0.6 is 0 Å². The number of likely N-dealkylation sites (tertiary alicyclic amines) is 1. The number of ether oxygens (including phenoxy) is 2. The summed E-state index contributed by atoms with van der Waals surface area (Å²) in [6, 6.07) is 1.14. The molecule has 6 nitrogen and oxygen atoms in total. The highest BCUT2D eigenvalue weighted by Gasteiger charge is 2.65. The first-order valence-electron chi connectivity index (χ1n) is 15.8. The highest BCUT2D eigenvalue weighted by molar-refractivity contribution is 5.66. The van der Waals surface area contributed by atoms with Crippen molar-refractivity contribution < 1.29 is 19.4 Å². The molecule has 6 heteroatoms. The molecule has 214 valence electrons. The SMILES string of the molecule is C=CCC1CCCN1[C@H]1CC2C3CC[C@H]4C[C@H](O)[C@@H](N5CCOCC5)C[C@]4(C)C3CC[C@]2(C)[C@H]1OC(C)=O. The first kappa shape index (κ1) is 27.2. The van der Waals surface area contributed by atoms with E-state index in [9.17, 15) is 9.90 Å². The van der Waals surface area contributed by atoms with Crippen molar-refractivity contribution in [1.82, 2.24) is 9.80 Å². The van der Waals surface area contributed by atoms with Crippen molar-refractivity contribution in [1.29, 1.82) is 0 Å². The Labute approximate surface area is 230 Å². The number of hydrogen-bond acceptors (Lipinski definition) is 6. The number of hydrogen-bond donors (Lipinski definition) is 1. The molecule has 6 rings (SSSR count). The lowest BCUT2D eigenvalue weighted by atomic mass is 9.44. The van der Waals surface area contributed by atoms with E-state index in [2.05, 4.69) is 36.3 Å². The third-order valence-corrected chi connectivity index (χ3v) is 12.7. The maximum atomic E-state index is 12.4. The molecule has 6 fully saturated rings. The van der Waals surface area contributed by atoms with Crippen LogP contribution < -0.4 is 0 Å². The van der Waals surface area contributed by atoms with Gasteiger partial charge in [0.2, 0.25) is 0 Å². The minimum absolute atomic E-state index is 0.00355. The molecule has 6 aliphatic rings. The first-order valence-corrected chi connectivity index (χ1v) is 15.8. The number of carbonyl (C=O) groups is 1. The van der Waals surface area contributed by atoms with Crippen LogP contribution in [0.2, 0.25) is 0 Å². The van der Waals surface area contributed by atoms with Gasteiger partial charge in [-0.3, -0.25) is 14.6 Å². The average molecular weight is 529 g/mol. The number of fused-ring (bicyclic) bond motifs is 5. The lowest BCUT2D eigenvalue weighted by Gasteiger charge is -2.62. The summed E-state index contributed by atoms with van der Waals surface area (Å²) in [6.45, 7) is 15.3. The Balaban J connectivity index is 1.27. The van der Waals surface area contributed by atoms with Crippen molar-refractivity contribution in [2.75, 3.05) is 32.8 Å². The Hall–Kier alpha value is -0.950. The summed E-state index contributed by atoms with van der Waals surface area (Å²) in [6.07, 6.45) is 13.5. The van der Waals surface area contributed by atoms with Gasteiger partial charge >= 0.3 is 5.97 Å². The normalized spacial score (nSPS) is 49.6. The van der Waals surface area contributed by atoms with Gasteiger partial charge < -0.3 is 14.6 Å². The van der Waals surface area contributed by atoms with Gasteiger partial charge in [-0.2, -0.15) is 0 Å². The molecular formula is C32H52N2O4. The summed E-state index contributed by atoms with van der Waals surface area (Å²) in [7, 11) is 0. The summed E-state index contributed by atoms with van der Waals surface area (Å²) in [5.74, 6) is 2.51. The summed E-state index contributed by atoms with van der Waals surface area (Å²) >= 11 is 0. The molecule has 11 atom stereocenters. The molecule has 0 aromatic heterocycles. The zero-order chi connectivity index (χ0) is 26.7. The van der Waals surface area contributed by atoms with Crippen molar-refractivity contribution in [2.24, 2.45) is 34.5 Å². The van der Waals surface area contributed by atoms with Crippen LogP contribution in [-0.2, 0) is 14.3 Å². The minimum Gasteiger partial charge on any atom is -0.460 e. The molecule has 2 saturated heterocycles. The van der Waals surface area contributed by atoms with Crippen LogP contribution in [0, 0.1) is 34.5 Å². The Morgan fingerprint density at radius 1 is 1.05 bits per heavy atom. The van der Waals surface area contributed by atoms with Crippen molar-refractivity contribution >= 4 is 5.97 Å². The smallest absolute Gasteiger partial charge is 0.302 e. The standard InChI is InChI=1S/C32H52N2O4/c1-5-7-23-8-6-13-34(23)27-19-26-24-10-9-22-18-29(36)28(33-14-16-37-17-15-33)20-32(22,4)25(24)11-12-31(26,3)30(27)38-21(2)35/h5,22-30,36H,1,6-20H2,2-4H3/t22-,23?,24?,25?,26?,27-,28-,29-,30-,31-,32-/m0/s1. The average Bonchev–Trinajstić information content (AvgIpc) is 3.46. The van der Waals surface area contributed by atoms with Crippen LogP contribution in [0.4, 0.5) is 0 Å². The minimum atomic E-state index is -0.210. The van der Waals surface area contributed by atoms with Crippen LogP contribution in [0.3, 0.4) is 0 Å². The molecule has 1 N–H and O–H groups in total. The number of aliphatic hydroxyl groups is 1. The topological polar surface area (TPSA) is 62.2 Å². The molecule has 0 spiro atoms. The first-order chi connectivity index (χ1) is 18.3. The lowest BCUT2D eigenvalue weighted by Crippen LogP contribution is -2.61. The summed E-state index contributed by atoms with van der Waals surface area (Å²) in [5.41, 5.74) is 0.334. The van der Waals surface area contributed by atoms with Gasteiger partial charge in [0.25, 0.3) is 0 Å². The van der Waals surface area contributed by atoms with Crippen LogP contribution in [0.15, 0.2) is 12.7 Å². The lowest BCUT2D eigenvalue weighted by molar-refractivity contribution is -0.172. The highest BCUT2D eigenvalue weighted by atomic mass is 16.5. The number of nitrogens with zero attached hydrogens (tertiary/aromatic N) is 2. The molecule has 0 aromatic rings. The van der Waals surface area contributed by atoms with Gasteiger partial charge in [-0.15, -0.1) is 6.58 Å². The van der Waals surface area contributed by atoms with E-state index in [1.807, 2.05) is 0 Å². The molecule has 2 aliphatic heterocycles. The Kier molecular flexibility index (Phi) is 7.50. The molecule has 4 unspecified atom stereocenters. The van der Waals surface area contributed by atoms with Gasteiger partial charge in [0.05, 0.1) is 19.3 Å². The van der Waals surface area contributed by atoms with E-state index < -0.39 is 0 Å². The van der Waals surface area contributed by atoms with Crippen LogP contribution in [0.1, 0.15) is 85.0 Å². The third-order valence-electron chi connectivity index (χ3n) is 12.7. The number of rotatable bonds is 5. The number of carbonyl (C=O) groups excluding carboxylic acids is 1. The van der Waals surface area contributed by atoms with Crippen LogP contribution in [0.25, 0.3) is 0 Å². The van der Waals surface area contributed by atoms with Gasteiger partial charge in [-0.05, 0) is 99.8 Å². The second-order valence-electron chi connectivity index (χ2n) is 14.3. The van der Waals surface area contributed by atoms with Crippen molar-refractivity contribution in [3.63, 3.8) is 0 Å². The number of aliphatic hydroxyl groups excluding tert-OH is 1. The number of esters is 1. The molecule has 4 aliphatic carbocycles. The fourth-order valence-corrected chi connectivity index (χ4v) is 11.0. The van der Waals surface area contributed by atoms with Gasteiger partial charge in [-0.25, -0.2) is 0 Å². The zero-order valence-electron chi connectivity index (χ0n) is 24.2. The zero-order valence-corrected chi connectivity index (χ0v) is 24.2. The van der Waals surface area contributed by atoms with Gasteiger partial charge in [0, 0.05) is 43.6 Å². The summed E-state index contributed by atoms with van der Waals surface area (Å²) in [4.78, 5) is 17.7. The molecule has 2 heterocycles. The third kappa shape index (κ3) is 4.40. The maximum absolute atomic E-state index is 12.4. The van der Waals surface area contributed by atoms with Gasteiger partial charge in [0.15, 0.2) is 0 Å². The van der Waals surface area contributed by atoms with E-state index >= 15 is 0 Å². The van der Waals surface area contributed by atoms with E-state index in [0.717, 1.165) is 58.5 Å². The van der Waals surface area contributed by atoms with Crippen LogP contribution in [0.5, 0.6) is 0 Å². The summed E-state index contributed by atoms with van der Waals surface area (Å²) < 4.78 is 11.9. The van der Waals surface area contributed by atoms with Gasteiger partial charge in [-0.1, -0.05) is 19.9 Å². The summed E-state index contributed by atoms with van der Waals surface area (Å²) in [5, 5.41) is 11.3. The molecule has 4 saturated carbocycles. The predicted octanol–water partition coefficient (Wildman–Crippen LogP) is 4.65. The van der Waals surface area contributed by atoms with Gasteiger partial charge in [0.1, 0.15) is 6.10 Å². The van der Waals surface area contributed by atoms with Crippen molar-refractivity contribution in [2.45, 2.75) is 115 Å². The number of morpholine rings is 1. The Morgan fingerprint density at radius 2 is 1.84 bits per heavy atom. The molecular weight excluding hydrogens is 476 g/mol.